The second-order valence-electron chi connectivity index (χ2n) is 8.32. The highest BCUT2D eigenvalue weighted by Gasteiger charge is 2.41. The Bertz CT molecular complexity index is 1170. The van der Waals surface area contributed by atoms with Gasteiger partial charge in [0.15, 0.2) is 15.6 Å². The minimum atomic E-state index is -5.04. The third kappa shape index (κ3) is 4.76. The Balaban J connectivity index is 1.52. The van der Waals surface area contributed by atoms with Gasteiger partial charge in [0, 0.05) is 18.4 Å². The van der Waals surface area contributed by atoms with Gasteiger partial charge < -0.3 is 9.47 Å². The van der Waals surface area contributed by atoms with Gasteiger partial charge in [-0.3, -0.25) is 0 Å². The molecule has 0 bridgehead atoms. The van der Waals surface area contributed by atoms with Crippen molar-refractivity contribution < 1.29 is 35.5 Å². The van der Waals surface area contributed by atoms with Crippen LogP contribution in [0.15, 0.2) is 41.3 Å². The first kappa shape index (κ1) is 23.7. The maximum atomic E-state index is 14.7. The van der Waals surface area contributed by atoms with Crippen LogP contribution in [-0.2, 0) is 25.5 Å². The number of hydrogen-bond donors (Lipinski definition) is 0. The molecule has 2 aromatic carbocycles. The van der Waals surface area contributed by atoms with Crippen molar-refractivity contribution in [3.63, 3.8) is 0 Å². The van der Waals surface area contributed by atoms with Crippen LogP contribution in [0.1, 0.15) is 36.8 Å². The lowest BCUT2D eigenvalue weighted by Crippen LogP contribution is -2.36. The maximum Gasteiger partial charge on any atom is 0.420 e. The van der Waals surface area contributed by atoms with Crippen molar-refractivity contribution in [2.45, 2.75) is 42.5 Å². The largest absolute Gasteiger partial charge is 0.420 e. The van der Waals surface area contributed by atoms with Crippen LogP contribution in [0.2, 0.25) is 0 Å². The highest BCUT2D eigenvalue weighted by molar-refractivity contribution is 7.91. The summed E-state index contributed by atoms with van der Waals surface area (Å²) >= 11 is 0. The molecule has 1 spiro atoms. The van der Waals surface area contributed by atoms with Crippen LogP contribution in [0.5, 0.6) is 0 Å². The van der Waals surface area contributed by atoms with Crippen molar-refractivity contribution in [2.24, 2.45) is 5.92 Å². The zero-order valence-corrected chi connectivity index (χ0v) is 18.3. The third-order valence-electron chi connectivity index (χ3n) is 6.21. The molecule has 176 valence electrons. The monoisotopic (exact) mass is 483 g/mol. The number of nitriles is 1. The minimum Gasteiger partial charge on any atom is -0.348 e. The molecule has 0 atom stereocenters. The predicted octanol–water partition coefficient (Wildman–Crippen LogP) is 5.09. The lowest BCUT2D eigenvalue weighted by molar-refractivity contribution is -0.181. The van der Waals surface area contributed by atoms with Gasteiger partial charge in [0.2, 0.25) is 0 Å². The summed E-state index contributed by atoms with van der Waals surface area (Å²) in [5, 5.41) is 8.89. The van der Waals surface area contributed by atoms with E-state index < -0.39 is 38.7 Å². The zero-order valence-electron chi connectivity index (χ0n) is 17.5. The summed E-state index contributed by atoms with van der Waals surface area (Å²) in [6, 6.07) is 8.41. The quantitative estimate of drug-likeness (QED) is 0.567. The summed E-state index contributed by atoms with van der Waals surface area (Å²) in [5.74, 6) is -2.27. The van der Waals surface area contributed by atoms with Gasteiger partial charge in [-0.25, -0.2) is 12.8 Å². The number of alkyl halides is 3. The predicted molar refractivity (Wildman–Crippen MR) is 110 cm³/mol. The molecule has 2 aromatic rings. The van der Waals surface area contributed by atoms with Crippen LogP contribution in [0.25, 0.3) is 11.1 Å². The summed E-state index contributed by atoms with van der Waals surface area (Å²) in [5.41, 5.74) is -2.73. The van der Waals surface area contributed by atoms with Gasteiger partial charge in [-0.2, -0.15) is 18.4 Å². The molecule has 0 N–H and O–H groups in total. The standard InChI is InChI=1S/C23H21F4NO4S/c24-21-19(6-3-17(13-28)20(21)23(25,26)27)16-1-4-18(5-2-16)33(29,30)14-15-7-9-22(10-8-15)31-11-12-32-22/h1-6,15H,7-12,14H2. The molecule has 5 nitrogen and oxygen atoms in total. The number of halogens is 4. The van der Waals surface area contributed by atoms with E-state index in [-0.39, 0.29) is 27.7 Å². The normalized spacial score (nSPS) is 19.0. The summed E-state index contributed by atoms with van der Waals surface area (Å²) in [6.45, 7) is 1.08. The van der Waals surface area contributed by atoms with Crippen LogP contribution in [0, 0.1) is 23.1 Å². The first-order valence-electron chi connectivity index (χ1n) is 10.5. The van der Waals surface area contributed by atoms with Crippen molar-refractivity contribution in [1.29, 1.82) is 5.26 Å². The van der Waals surface area contributed by atoms with Gasteiger partial charge >= 0.3 is 6.18 Å². The SMILES string of the molecule is N#Cc1ccc(-c2ccc(S(=O)(=O)CC3CCC4(CC3)OCCO4)cc2)c(F)c1C(F)(F)F. The van der Waals surface area contributed by atoms with Crippen LogP contribution in [0.3, 0.4) is 0 Å². The summed E-state index contributed by atoms with van der Waals surface area (Å²) in [4.78, 5) is 0.0185. The Kier molecular flexibility index (Phi) is 6.24. The van der Waals surface area contributed by atoms with Crippen molar-refractivity contribution in [3.05, 3.63) is 53.3 Å². The number of nitrogens with zero attached hydrogens (tertiary/aromatic N) is 1. The van der Waals surface area contributed by atoms with E-state index in [4.69, 9.17) is 14.7 Å². The zero-order chi connectivity index (χ0) is 23.9. The molecular weight excluding hydrogens is 462 g/mol. The average Bonchev–Trinajstić information content (AvgIpc) is 3.22. The van der Waals surface area contributed by atoms with Gasteiger partial charge in [0.1, 0.15) is 11.4 Å². The minimum absolute atomic E-state index is 0.0185. The van der Waals surface area contributed by atoms with E-state index in [0.717, 1.165) is 12.1 Å². The number of rotatable bonds is 4. The lowest BCUT2D eigenvalue weighted by Gasteiger charge is -2.35. The maximum absolute atomic E-state index is 14.7. The number of hydrogen-bond acceptors (Lipinski definition) is 5. The van der Waals surface area contributed by atoms with Gasteiger partial charge in [-0.1, -0.05) is 18.2 Å². The van der Waals surface area contributed by atoms with E-state index in [1.54, 1.807) is 0 Å². The van der Waals surface area contributed by atoms with Crippen molar-refractivity contribution in [3.8, 4) is 17.2 Å². The molecule has 4 rings (SSSR count). The molecule has 10 heteroatoms. The Morgan fingerprint density at radius 3 is 2.18 bits per heavy atom. The van der Waals surface area contributed by atoms with Gasteiger partial charge in [0.25, 0.3) is 0 Å². The third-order valence-corrected chi connectivity index (χ3v) is 8.11. The highest BCUT2D eigenvalue weighted by Crippen LogP contribution is 2.40. The Labute approximate surface area is 188 Å². The fourth-order valence-electron chi connectivity index (χ4n) is 4.49. The molecule has 0 radical (unpaired) electrons. The molecular formula is C23H21F4NO4S. The number of sulfone groups is 1. The smallest absolute Gasteiger partial charge is 0.348 e. The number of ether oxygens (including phenoxy) is 2. The first-order chi connectivity index (χ1) is 15.5. The van der Waals surface area contributed by atoms with Crippen molar-refractivity contribution in [2.75, 3.05) is 19.0 Å². The Morgan fingerprint density at radius 2 is 1.64 bits per heavy atom. The van der Waals surface area contributed by atoms with E-state index in [1.165, 1.54) is 30.3 Å². The van der Waals surface area contributed by atoms with E-state index in [2.05, 4.69) is 0 Å². The summed E-state index contributed by atoms with van der Waals surface area (Å²) in [7, 11) is -3.64. The van der Waals surface area contributed by atoms with E-state index in [0.29, 0.717) is 38.9 Å². The molecule has 2 fully saturated rings. The molecule has 0 amide bonds. The molecule has 33 heavy (non-hydrogen) atoms. The van der Waals surface area contributed by atoms with Crippen LogP contribution in [-0.4, -0.2) is 33.2 Å². The average molecular weight is 483 g/mol. The van der Waals surface area contributed by atoms with E-state index in [1.807, 2.05) is 0 Å². The summed E-state index contributed by atoms with van der Waals surface area (Å²) < 4.78 is 91.5. The molecule has 0 unspecified atom stereocenters. The lowest BCUT2D eigenvalue weighted by atomic mass is 9.86. The van der Waals surface area contributed by atoms with Crippen LogP contribution in [0.4, 0.5) is 17.6 Å². The van der Waals surface area contributed by atoms with Gasteiger partial charge in [-0.15, -0.1) is 0 Å². The van der Waals surface area contributed by atoms with E-state index in [9.17, 15) is 26.0 Å². The molecule has 1 aliphatic heterocycles. The van der Waals surface area contributed by atoms with Crippen LogP contribution >= 0.6 is 0 Å². The van der Waals surface area contributed by atoms with Crippen molar-refractivity contribution >= 4 is 9.84 Å². The molecule has 2 aliphatic rings. The topological polar surface area (TPSA) is 76.4 Å². The van der Waals surface area contributed by atoms with Crippen LogP contribution < -0.4 is 0 Å². The number of benzene rings is 2. The first-order valence-corrected chi connectivity index (χ1v) is 12.1. The second-order valence-corrected chi connectivity index (χ2v) is 10.4. The van der Waals surface area contributed by atoms with E-state index >= 15 is 0 Å². The van der Waals surface area contributed by atoms with Crippen molar-refractivity contribution in [1.82, 2.24) is 0 Å². The Hall–Kier alpha value is -2.48. The fourth-order valence-corrected chi connectivity index (χ4v) is 6.18. The molecule has 0 aromatic heterocycles. The molecule has 1 saturated heterocycles. The molecule has 1 heterocycles. The molecule has 1 aliphatic carbocycles. The summed E-state index contributed by atoms with van der Waals surface area (Å²) in [6.07, 6.45) is -2.49. The van der Waals surface area contributed by atoms with Gasteiger partial charge in [-0.05, 0) is 42.5 Å². The fraction of sp³-hybridized carbons (Fsp3) is 0.435. The highest BCUT2D eigenvalue weighted by atomic mass is 32.2. The molecule has 1 saturated carbocycles. The second kappa shape index (κ2) is 8.70. The van der Waals surface area contributed by atoms with Gasteiger partial charge in [0.05, 0.1) is 35.5 Å². The Morgan fingerprint density at radius 1 is 1.03 bits per heavy atom.